The van der Waals surface area contributed by atoms with Crippen LogP contribution < -0.4 is 0 Å². The molecule has 15 nitrogen and oxygen atoms in total. The molecule has 63 heavy (non-hydrogen) atoms. The maximum Gasteiger partial charge on any atom is 0.331 e. The van der Waals surface area contributed by atoms with Crippen LogP contribution >= 0.6 is 0 Å². The SMILES string of the molecule is CCC/C=C/C=C/C(=O)OC1C(CC(=O)OC)C[C@H]2C[C@H]([C@@H](C)O)OC(=O)CCC[C@@H]3C[C@H](OC(C)O)C(C)(C)[C@](O)(C[C@@H]4C/C(=C/C(=O)OC)C[C@H](/C=C/C(C)(C)C1(O)O2)C4)O3. The summed E-state index contributed by atoms with van der Waals surface area (Å²) in [6, 6.07) is 0. The van der Waals surface area contributed by atoms with Crippen LogP contribution in [0.15, 0.2) is 48.1 Å². The van der Waals surface area contributed by atoms with Crippen LogP contribution in [0.3, 0.4) is 0 Å². The van der Waals surface area contributed by atoms with Crippen LogP contribution in [0.4, 0.5) is 0 Å². The predicted octanol–water partition coefficient (Wildman–Crippen LogP) is 6.05. The number of aliphatic hydroxyl groups is 4. The van der Waals surface area contributed by atoms with Gasteiger partial charge in [-0.15, -0.1) is 0 Å². The van der Waals surface area contributed by atoms with Crippen molar-refractivity contribution in [2.75, 3.05) is 14.2 Å². The maximum atomic E-state index is 13.5. The second kappa shape index (κ2) is 22.6. The van der Waals surface area contributed by atoms with E-state index >= 15 is 0 Å². The molecule has 1 saturated carbocycles. The number of aliphatic hydroxyl groups excluding tert-OH is 2. The van der Waals surface area contributed by atoms with Crippen molar-refractivity contribution in [3.05, 3.63) is 48.1 Å². The molecule has 0 aromatic carbocycles. The fourth-order valence-electron chi connectivity index (χ4n) is 9.55. The van der Waals surface area contributed by atoms with Crippen LogP contribution in [0.5, 0.6) is 0 Å². The number of unbranched alkanes of at least 4 members (excludes halogenated alkanes) is 1. The number of rotatable bonds is 11. The lowest BCUT2D eigenvalue weighted by Crippen LogP contribution is -2.64. The van der Waals surface area contributed by atoms with E-state index in [1.165, 1.54) is 40.2 Å². The highest BCUT2D eigenvalue weighted by atomic mass is 16.7. The van der Waals surface area contributed by atoms with E-state index in [-0.39, 0.29) is 43.9 Å². The summed E-state index contributed by atoms with van der Waals surface area (Å²) in [4.78, 5) is 52.5. The van der Waals surface area contributed by atoms with Gasteiger partial charge >= 0.3 is 23.9 Å². The molecule has 3 fully saturated rings. The zero-order valence-electron chi connectivity index (χ0n) is 38.8. The number of hydrogen-bond acceptors (Lipinski definition) is 15. The van der Waals surface area contributed by atoms with Crippen molar-refractivity contribution < 1.29 is 72.8 Å². The number of fused-ring (bicyclic) bond motifs is 6. The third kappa shape index (κ3) is 13.8. The van der Waals surface area contributed by atoms with E-state index in [0.717, 1.165) is 18.4 Å². The summed E-state index contributed by atoms with van der Waals surface area (Å²) < 4.78 is 41.1. The third-order valence-electron chi connectivity index (χ3n) is 13.3. The van der Waals surface area contributed by atoms with Crippen LogP contribution in [0.1, 0.15) is 132 Å². The molecule has 12 atom stereocenters. The number of hydrogen-bond donors (Lipinski definition) is 4. The number of cyclic esters (lactones) is 1. The highest BCUT2D eigenvalue weighted by Gasteiger charge is 2.60. The Morgan fingerprint density at radius 2 is 1.67 bits per heavy atom. The quantitative estimate of drug-likeness (QED) is 0.0464. The minimum Gasteiger partial charge on any atom is -0.469 e. The Labute approximate surface area is 373 Å². The maximum absolute atomic E-state index is 13.5. The lowest BCUT2D eigenvalue weighted by molar-refractivity contribution is -0.357. The Hall–Kier alpha value is -3.44. The second-order valence-corrected chi connectivity index (χ2v) is 19.1. The van der Waals surface area contributed by atoms with Crippen molar-refractivity contribution in [1.29, 1.82) is 0 Å². The normalized spacial score (nSPS) is 36.1. The predicted molar refractivity (Wildman–Crippen MR) is 231 cm³/mol. The number of allylic oxidation sites excluding steroid dienone is 5. The van der Waals surface area contributed by atoms with Gasteiger partial charge in [0.2, 0.25) is 5.79 Å². The molecular formula is C48H74O15. The molecule has 0 aromatic rings. The van der Waals surface area contributed by atoms with Crippen molar-refractivity contribution in [2.45, 2.75) is 186 Å². The first kappa shape index (κ1) is 52.2. The van der Waals surface area contributed by atoms with Crippen molar-refractivity contribution in [1.82, 2.24) is 0 Å². The molecule has 356 valence electrons. The zero-order valence-corrected chi connectivity index (χ0v) is 38.8. The lowest BCUT2D eigenvalue weighted by Gasteiger charge is -2.54. The minimum atomic E-state index is -2.29. The van der Waals surface area contributed by atoms with E-state index in [1.54, 1.807) is 32.1 Å². The number of carbonyl (C=O) groups is 4. The Bertz CT molecular complexity index is 1680. The first-order chi connectivity index (χ1) is 29.6. The topological polar surface area (TPSA) is 214 Å². The summed E-state index contributed by atoms with van der Waals surface area (Å²) in [6.07, 6.45) is 8.85. The molecule has 15 heteroatoms. The van der Waals surface area contributed by atoms with Gasteiger partial charge in [0.1, 0.15) is 6.10 Å². The standard InChI is InChI=1S/C48H74O15/c1-10-11-12-13-14-17-41(52)61-44-35(26-43(54)58-9)25-37-27-38(30(2)49)60-40(51)18-15-16-36-28-39(59-31(3)50)46(6,7)47(55,62-36)29-34-22-32(21-33(23-34)24-42(53)57-8)19-20-45(4,5)48(44,56)63-37/h12-14,17,19-20,24,30-32,34-39,44,49-50,55-56H,10-11,15-16,18,21-23,25-29H2,1-9H3/b13-12+,17-14+,20-19+,33-24+/t30-,31?,32+,34+,35?,36-,37+,38-,39+,44?,47+,48?/m1/s1. The summed E-state index contributed by atoms with van der Waals surface area (Å²) in [5.41, 5.74) is -1.57. The molecule has 4 rings (SSSR count). The summed E-state index contributed by atoms with van der Waals surface area (Å²) in [5, 5.41) is 46.9. The zero-order chi connectivity index (χ0) is 46.8. The van der Waals surface area contributed by atoms with E-state index in [9.17, 15) is 39.6 Å². The van der Waals surface area contributed by atoms with E-state index in [1.807, 2.05) is 32.9 Å². The first-order valence-corrected chi connectivity index (χ1v) is 22.6. The number of carbonyl (C=O) groups excluding carboxylic acids is 4. The van der Waals surface area contributed by atoms with Crippen LogP contribution in [0, 0.1) is 28.6 Å². The molecule has 4 unspecified atom stereocenters. The molecule has 0 amide bonds. The molecular weight excluding hydrogens is 817 g/mol. The molecule has 6 bridgehead atoms. The molecule has 0 aromatic heterocycles. The van der Waals surface area contributed by atoms with Gasteiger partial charge in [0.15, 0.2) is 18.2 Å². The Kier molecular flexibility index (Phi) is 18.8. The lowest BCUT2D eigenvalue weighted by atomic mass is 9.66. The van der Waals surface area contributed by atoms with Gasteiger partial charge in [-0.1, -0.05) is 77.0 Å². The fourth-order valence-corrected chi connectivity index (χ4v) is 9.55. The van der Waals surface area contributed by atoms with Crippen LogP contribution in [-0.2, 0) is 52.3 Å². The number of ether oxygens (including phenoxy) is 7. The van der Waals surface area contributed by atoms with Crippen molar-refractivity contribution in [3.8, 4) is 0 Å². The fraction of sp³-hybridized carbons (Fsp3) is 0.750. The van der Waals surface area contributed by atoms with Crippen LogP contribution in [0.2, 0.25) is 0 Å². The molecule has 4 N–H and O–H groups in total. The van der Waals surface area contributed by atoms with Gasteiger partial charge in [-0.3, -0.25) is 9.59 Å². The number of esters is 4. The highest BCUT2D eigenvalue weighted by molar-refractivity contribution is 5.83. The average molecular weight is 891 g/mol. The van der Waals surface area contributed by atoms with Gasteiger partial charge < -0.3 is 53.6 Å². The smallest absolute Gasteiger partial charge is 0.331 e. The van der Waals surface area contributed by atoms with E-state index in [4.69, 9.17) is 33.2 Å². The van der Waals surface area contributed by atoms with E-state index in [0.29, 0.717) is 38.5 Å². The number of methoxy groups -OCH3 is 2. The largest absolute Gasteiger partial charge is 0.469 e. The second-order valence-electron chi connectivity index (χ2n) is 19.1. The Morgan fingerprint density at radius 3 is 2.32 bits per heavy atom. The molecule has 0 spiro atoms. The Morgan fingerprint density at radius 1 is 0.937 bits per heavy atom. The Balaban J connectivity index is 1.85. The molecule has 4 aliphatic rings. The summed E-state index contributed by atoms with van der Waals surface area (Å²) in [7, 11) is 2.55. The van der Waals surface area contributed by atoms with Crippen molar-refractivity contribution >= 4 is 23.9 Å². The summed E-state index contributed by atoms with van der Waals surface area (Å²) in [5.74, 6) is -7.81. The molecule has 0 radical (unpaired) electrons. The molecule has 1 aliphatic carbocycles. The molecule has 3 heterocycles. The monoisotopic (exact) mass is 891 g/mol. The minimum absolute atomic E-state index is 0.0454. The molecule has 2 saturated heterocycles. The van der Waals surface area contributed by atoms with Gasteiger partial charge in [0, 0.05) is 54.6 Å². The summed E-state index contributed by atoms with van der Waals surface area (Å²) >= 11 is 0. The molecule has 3 aliphatic heterocycles. The van der Waals surface area contributed by atoms with Gasteiger partial charge in [0.25, 0.3) is 0 Å². The van der Waals surface area contributed by atoms with E-state index in [2.05, 4.69) is 0 Å². The van der Waals surface area contributed by atoms with Crippen molar-refractivity contribution in [2.24, 2.45) is 28.6 Å². The summed E-state index contributed by atoms with van der Waals surface area (Å²) in [6.45, 7) is 12.1. The van der Waals surface area contributed by atoms with Crippen LogP contribution in [-0.4, -0.2) is 113 Å². The van der Waals surface area contributed by atoms with Gasteiger partial charge in [-0.05, 0) is 70.6 Å². The van der Waals surface area contributed by atoms with Gasteiger partial charge in [-0.25, -0.2) is 9.59 Å². The first-order valence-electron chi connectivity index (χ1n) is 22.6. The van der Waals surface area contributed by atoms with E-state index < -0.39 is 95.1 Å². The van der Waals surface area contributed by atoms with Gasteiger partial charge in [0.05, 0.1) is 45.1 Å². The van der Waals surface area contributed by atoms with Gasteiger partial charge in [-0.2, -0.15) is 0 Å². The van der Waals surface area contributed by atoms with Crippen LogP contribution in [0.25, 0.3) is 0 Å². The highest BCUT2D eigenvalue weighted by Crippen LogP contribution is 2.52. The van der Waals surface area contributed by atoms with Crippen molar-refractivity contribution in [3.63, 3.8) is 0 Å². The third-order valence-corrected chi connectivity index (χ3v) is 13.3. The average Bonchev–Trinajstić information content (AvgIpc) is 3.19.